The highest BCUT2D eigenvalue weighted by Gasteiger charge is 2.16. The molecule has 0 spiro atoms. The second kappa shape index (κ2) is 8.53. The SMILES string of the molecule is CC1CCCN(c2ccc(CCCN(C)C)cc2)C1.Cl. The molecule has 1 aliphatic heterocycles. The molecule has 3 heteroatoms. The normalized spacial score (nSPS) is 19.0. The zero-order valence-corrected chi connectivity index (χ0v) is 14.0. The summed E-state index contributed by atoms with van der Waals surface area (Å²) in [5.41, 5.74) is 2.87. The van der Waals surface area contributed by atoms with Gasteiger partial charge in [-0.25, -0.2) is 0 Å². The maximum atomic E-state index is 2.54. The quantitative estimate of drug-likeness (QED) is 0.814. The molecule has 0 saturated carbocycles. The Labute approximate surface area is 130 Å². The Bertz CT molecular complexity index is 375. The van der Waals surface area contributed by atoms with Crippen LogP contribution in [0.25, 0.3) is 0 Å². The minimum Gasteiger partial charge on any atom is -0.371 e. The van der Waals surface area contributed by atoms with Gasteiger partial charge in [0.25, 0.3) is 0 Å². The molecule has 1 saturated heterocycles. The second-order valence-corrected chi connectivity index (χ2v) is 6.27. The number of aryl methyl sites for hydroxylation is 1. The molecule has 114 valence electrons. The van der Waals surface area contributed by atoms with Crippen LogP contribution in [0.15, 0.2) is 24.3 Å². The Balaban J connectivity index is 0.00000200. The third-order valence-electron chi connectivity index (χ3n) is 4.03. The first-order chi connectivity index (χ1) is 9.15. The van der Waals surface area contributed by atoms with Crippen molar-refractivity contribution in [3.63, 3.8) is 0 Å². The molecule has 1 heterocycles. The van der Waals surface area contributed by atoms with E-state index in [1.165, 1.54) is 56.6 Å². The molecule has 0 aromatic heterocycles. The fraction of sp³-hybridized carbons (Fsp3) is 0.647. The number of nitrogens with zero attached hydrogens (tertiary/aromatic N) is 2. The van der Waals surface area contributed by atoms with Crippen molar-refractivity contribution in [3.05, 3.63) is 29.8 Å². The van der Waals surface area contributed by atoms with Crippen molar-refractivity contribution in [2.45, 2.75) is 32.6 Å². The molecular formula is C17H29ClN2. The van der Waals surface area contributed by atoms with E-state index in [0.29, 0.717) is 0 Å². The summed E-state index contributed by atoms with van der Waals surface area (Å²) in [4.78, 5) is 4.79. The smallest absolute Gasteiger partial charge is 0.0366 e. The van der Waals surface area contributed by atoms with Gasteiger partial charge in [0.1, 0.15) is 0 Å². The minimum atomic E-state index is 0. The van der Waals surface area contributed by atoms with Gasteiger partial charge >= 0.3 is 0 Å². The van der Waals surface area contributed by atoms with E-state index in [9.17, 15) is 0 Å². The van der Waals surface area contributed by atoms with Crippen molar-refractivity contribution in [3.8, 4) is 0 Å². The molecule has 0 N–H and O–H groups in total. The van der Waals surface area contributed by atoms with Crippen LogP contribution >= 0.6 is 12.4 Å². The predicted molar refractivity (Wildman–Crippen MR) is 91.2 cm³/mol. The molecule has 0 radical (unpaired) electrons. The zero-order valence-electron chi connectivity index (χ0n) is 13.1. The maximum Gasteiger partial charge on any atom is 0.0366 e. The van der Waals surface area contributed by atoms with E-state index in [2.05, 4.69) is 55.1 Å². The van der Waals surface area contributed by atoms with Crippen LogP contribution in [0.5, 0.6) is 0 Å². The number of hydrogen-bond acceptors (Lipinski definition) is 2. The van der Waals surface area contributed by atoms with Gasteiger partial charge in [-0.3, -0.25) is 0 Å². The Morgan fingerprint density at radius 1 is 1.20 bits per heavy atom. The van der Waals surface area contributed by atoms with Crippen molar-refractivity contribution >= 4 is 18.1 Å². The molecule has 1 atom stereocenters. The summed E-state index contributed by atoms with van der Waals surface area (Å²) in [6.45, 7) is 5.98. The van der Waals surface area contributed by atoms with Crippen molar-refractivity contribution in [2.24, 2.45) is 5.92 Å². The summed E-state index contributed by atoms with van der Waals surface area (Å²) < 4.78 is 0. The van der Waals surface area contributed by atoms with E-state index in [0.717, 1.165) is 5.92 Å². The van der Waals surface area contributed by atoms with Gasteiger partial charge < -0.3 is 9.80 Å². The summed E-state index contributed by atoms with van der Waals surface area (Å²) in [5.74, 6) is 0.841. The van der Waals surface area contributed by atoms with Gasteiger partial charge in [-0.05, 0) is 69.9 Å². The molecule has 0 bridgehead atoms. The van der Waals surface area contributed by atoms with E-state index in [4.69, 9.17) is 0 Å². The first kappa shape index (κ1) is 17.3. The topological polar surface area (TPSA) is 6.48 Å². The Morgan fingerprint density at radius 2 is 1.90 bits per heavy atom. The highest BCUT2D eigenvalue weighted by Crippen LogP contribution is 2.23. The Morgan fingerprint density at radius 3 is 2.50 bits per heavy atom. The highest BCUT2D eigenvalue weighted by atomic mass is 35.5. The van der Waals surface area contributed by atoms with Crippen molar-refractivity contribution < 1.29 is 0 Å². The van der Waals surface area contributed by atoms with Gasteiger partial charge in [-0.2, -0.15) is 0 Å². The Kier molecular flexibility index (Phi) is 7.39. The number of piperidine rings is 1. The summed E-state index contributed by atoms with van der Waals surface area (Å²) in [7, 11) is 4.28. The molecule has 1 fully saturated rings. The van der Waals surface area contributed by atoms with Crippen LogP contribution in [-0.2, 0) is 6.42 Å². The van der Waals surface area contributed by atoms with Gasteiger partial charge in [0.05, 0.1) is 0 Å². The molecule has 0 aliphatic carbocycles. The van der Waals surface area contributed by atoms with Gasteiger partial charge in [0.2, 0.25) is 0 Å². The lowest BCUT2D eigenvalue weighted by molar-refractivity contribution is 0.400. The summed E-state index contributed by atoms with van der Waals surface area (Å²) >= 11 is 0. The Hall–Kier alpha value is -0.730. The standard InChI is InChI=1S/C17H28N2.ClH/c1-15-6-4-13-19(14-15)17-10-8-16(9-11-17)7-5-12-18(2)3;/h8-11,15H,4-7,12-14H2,1-3H3;1H. The van der Waals surface area contributed by atoms with Gasteiger partial charge in [0.15, 0.2) is 0 Å². The van der Waals surface area contributed by atoms with Crippen LogP contribution < -0.4 is 4.90 Å². The van der Waals surface area contributed by atoms with Crippen molar-refractivity contribution in [1.29, 1.82) is 0 Å². The fourth-order valence-electron chi connectivity index (χ4n) is 2.90. The fourth-order valence-corrected chi connectivity index (χ4v) is 2.90. The van der Waals surface area contributed by atoms with E-state index in [1.807, 2.05) is 0 Å². The lowest BCUT2D eigenvalue weighted by atomic mass is 9.99. The zero-order chi connectivity index (χ0) is 13.7. The third kappa shape index (κ3) is 5.34. The van der Waals surface area contributed by atoms with E-state index in [-0.39, 0.29) is 12.4 Å². The van der Waals surface area contributed by atoms with Crippen LogP contribution in [-0.4, -0.2) is 38.6 Å². The van der Waals surface area contributed by atoms with Crippen LogP contribution in [0.1, 0.15) is 31.7 Å². The van der Waals surface area contributed by atoms with E-state index >= 15 is 0 Å². The molecular weight excluding hydrogens is 268 g/mol. The minimum absolute atomic E-state index is 0. The highest BCUT2D eigenvalue weighted by molar-refractivity contribution is 5.85. The molecule has 1 aliphatic rings. The average Bonchev–Trinajstić information content (AvgIpc) is 2.39. The first-order valence-electron chi connectivity index (χ1n) is 7.64. The number of halogens is 1. The number of benzene rings is 1. The van der Waals surface area contributed by atoms with E-state index < -0.39 is 0 Å². The summed E-state index contributed by atoms with van der Waals surface area (Å²) in [6.07, 6.45) is 5.16. The van der Waals surface area contributed by atoms with Gasteiger partial charge in [-0.15, -0.1) is 12.4 Å². The number of anilines is 1. The molecule has 1 unspecified atom stereocenters. The van der Waals surface area contributed by atoms with Crippen molar-refractivity contribution in [2.75, 3.05) is 38.6 Å². The van der Waals surface area contributed by atoms with E-state index in [1.54, 1.807) is 0 Å². The second-order valence-electron chi connectivity index (χ2n) is 6.27. The molecule has 20 heavy (non-hydrogen) atoms. The van der Waals surface area contributed by atoms with Crippen LogP contribution in [0, 0.1) is 5.92 Å². The van der Waals surface area contributed by atoms with Crippen LogP contribution in [0.4, 0.5) is 5.69 Å². The molecule has 2 rings (SSSR count). The number of hydrogen-bond donors (Lipinski definition) is 0. The van der Waals surface area contributed by atoms with Crippen LogP contribution in [0.2, 0.25) is 0 Å². The monoisotopic (exact) mass is 296 g/mol. The number of rotatable bonds is 5. The maximum absolute atomic E-state index is 2.54. The predicted octanol–water partition coefficient (Wildman–Crippen LogP) is 3.84. The van der Waals surface area contributed by atoms with Crippen molar-refractivity contribution in [1.82, 2.24) is 4.90 Å². The molecule has 0 amide bonds. The molecule has 2 nitrogen and oxygen atoms in total. The third-order valence-corrected chi connectivity index (χ3v) is 4.03. The molecule has 1 aromatic rings. The van der Waals surface area contributed by atoms with Gasteiger partial charge in [0, 0.05) is 18.8 Å². The first-order valence-corrected chi connectivity index (χ1v) is 7.64. The largest absolute Gasteiger partial charge is 0.371 e. The average molecular weight is 297 g/mol. The van der Waals surface area contributed by atoms with Gasteiger partial charge in [-0.1, -0.05) is 19.1 Å². The van der Waals surface area contributed by atoms with Crippen LogP contribution in [0.3, 0.4) is 0 Å². The molecule has 1 aromatic carbocycles. The summed E-state index contributed by atoms with van der Waals surface area (Å²) in [5, 5.41) is 0. The lowest BCUT2D eigenvalue weighted by Gasteiger charge is -2.32. The lowest BCUT2D eigenvalue weighted by Crippen LogP contribution is -2.34. The summed E-state index contributed by atoms with van der Waals surface area (Å²) in [6, 6.07) is 9.24.